The van der Waals surface area contributed by atoms with Gasteiger partial charge in [-0.05, 0) is 30.3 Å². The summed E-state index contributed by atoms with van der Waals surface area (Å²) in [5, 5.41) is 12.1. The molecule has 4 aromatic carbocycles. The Morgan fingerprint density at radius 3 is 2.49 bits per heavy atom. The van der Waals surface area contributed by atoms with Gasteiger partial charge in [0.1, 0.15) is 19.0 Å². The van der Waals surface area contributed by atoms with Crippen LogP contribution in [0.25, 0.3) is 21.0 Å². The van der Waals surface area contributed by atoms with Gasteiger partial charge in [-0.3, -0.25) is 4.72 Å². The minimum atomic E-state index is -3.95. The molecule has 5 aromatic rings. The molecule has 0 saturated heterocycles. The third-order valence-electron chi connectivity index (χ3n) is 5.52. The average Bonchev–Trinajstić information content (AvgIpc) is 3.29. The highest BCUT2D eigenvalue weighted by atomic mass is 32.2. The van der Waals surface area contributed by atoms with Crippen molar-refractivity contribution in [2.45, 2.75) is 14.1 Å². The number of benzene rings is 4. The van der Waals surface area contributed by atoms with Gasteiger partial charge in [0.05, 0.1) is 25.7 Å². The average molecular weight is 523 g/mol. The Labute approximate surface area is 209 Å². The van der Waals surface area contributed by atoms with Crippen LogP contribution in [0.5, 0.6) is 17.2 Å². The zero-order valence-corrected chi connectivity index (χ0v) is 20.5. The van der Waals surface area contributed by atoms with Crippen LogP contribution in [-0.2, 0) is 10.0 Å². The quantitative estimate of drug-likeness (QED) is 0.278. The first-order chi connectivity index (χ1) is 17.0. The molecule has 1 aliphatic rings. The lowest BCUT2D eigenvalue weighted by Crippen LogP contribution is -2.17. The number of hydrogen-bond donors (Lipinski definition) is 2. The topological polar surface area (TPSA) is 97.8 Å². The molecule has 0 saturated carbocycles. The number of aromatic hydroxyl groups is 1. The summed E-state index contributed by atoms with van der Waals surface area (Å²) in [7, 11) is -3.95. The molecule has 0 amide bonds. The monoisotopic (exact) mass is 522 g/mol. The molecule has 0 spiro atoms. The molecule has 0 fully saturated rings. The largest absolute Gasteiger partial charge is 0.506 e. The normalized spacial score (nSPS) is 13.3. The van der Waals surface area contributed by atoms with Gasteiger partial charge in [0.25, 0.3) is 10.0 Å². The van der Waals surface area contributed by atoms with Gasteiger partial charge in [-0.1, -0.05) is 48.2 Å². The van der Waals surface area contributed by atoms with Crippen molar-refractivity contribution < 1.29 is 23.0 Å². The van der Waals surface area contributed by atoms with Crippen molar-refractivity contribution in [2.24, 2.45) is 0 Å². The number of phenols is 1. The summed E-state index contributed by atoms with van der Waals surface area (Å²) in [6.07, 6.45) is 0. The first-order valence-electron chi connectivity index (χ1n) is 10.7. The molecule has 2 N–H and O–H groups in total. The number of hydrogen-bond acceptors (Lipinski definition) is 8. The van der Waals surface area contributed by atoms with E-state index in [0.717, 1.165) is 14.6 Å². The van der Waals surface area contributed by atoms with Gasteiger partial charge in [-0.15, -0.1) is 11.3 Å². The van der Waals surface area contributed by atoms with E-state index < -0.39 is 10.0 Å². The van der Waals surface area contributed by atoms with E-state index in [1.165, 1.54) is 35.2 Å². The van der Waals surface area contributed by atoms with E-state index in [1.54, 1.807) is 36.4 Å². The molecule has 176 valence electrons. The highest BCUT2D eigenvalue weighted by Crippen LogP contribution is 2.44. The lowest BCUT2D eigenvalue weighted by Gasteiger charge is -2.19. The third-order valence-corrected chi connectivity index (χ3v) is 9.01. The molecule has 0 aliphatic carbocycles. The molecule has 1 aliphatic heterocycles. The standard InChI is InChI=1S/C25H18N2O5S3/c28-24-17-6-2-1-5-16(17)19(14-23(24)34-25-26-18-7-3-4-8-22(18)33-25)27-35(29,30)15-9-10-20-21(13-15)32-12-11-31-20/h1-10,13-14,27-28H,11-12H2. The van der Waals surface area contributed by atoms with E-state index in [4.69, 9.17) is 9.47 Å². The smallest absolute Gasteiger partial charge is 0.262 e. The van der Waals surface area contributed by atoms with Crippen LogP contribution < -0.4 is 14.2 Å². The fraction of sp³-hybridized carbons (Fsp3) is 0.0800. The molecule has 0 bridgehead atoms. The van der Waals surface area contributed by atoms with Crippen molar-refractivity contribution >= 4 is 59.8 Å². The SMILES string of the molecule is O=S(=O)(Nc1cc(Sc2nc3ccccc3s2)c(O)c2ccccc12)c1ccc2c(c1)OCCO2. The fourth-order valence-electron chi connectivity index (χ4n) is 3.88. The number of ether oxygens (including phenoxy) is 2. The highest BCUT2D eigenvalue weighted by molar-refractivity contribution is 8.01. The lowest BCUT2D eigenvalue weighted by atomic mass is 10.1. The molecule has 7 nitrogen and oxygen atoms in total. The van der Waals surface area contributed by atoms with Crippen molar-refractivity contribution in [1.82, 2.24) is 4.98 Å². The van der Waals surface area contributed by atoms with Crippen LogP contribution >= 0.6 is 23.1 Å². The van der Waals surface area contributed by atoms with E-state index in [9.17, 15) is 13.5 Å². The van der Waals surface area contributed by atoms with Crippen molar-refractivity contribution in [3.8, 4) is 17.2 Å². The molecular weight excluding hydrogens is 504 g/mol. The number of aromatic nitrogens is 1. The van der Waals surface area contributed by atoms with Gasteiger partial charge in [-0.2, -0.15) is 0 Å². The number of nitrogens with one attached hydrogen (secondary N) is 1. The third kappa shape index (κ3) is 4.13. The van der Waals surface area contributed by atoms with E-state index >= 15 is 0 Å². The van der Waals surface area contributed by atoms with E-state index in [0.29, 0.717) is 46.1 Å². The van der Waals surface area contributed by atoms with Gasteiger partial charge in [0.15, 0.2) is 15.8 Å². The van der Waals surface area contributed by atoms with Crippen LogP contribution in [0.3, 0.4) is 0 Å². The minimum Gasteiger partial charge on any atom is -0.506 e. The molecule has 2 heterocycles. The van der Waals surface area contributed by atoms with Gasteiger partial charge in [-0.25, -0.2) is 13.4 Å². The van der Waals surface area contributed by atoms with E-state index in [1.807, 2.05) is 24.3 Å². The molecule has 0 radical (unpaired) electrons. The number of anilines is 1. The molecular formula is C25H18N2O5S3. The second kappa shape index (κ2) is 8.63. The lowest BCUT2D eigenvalue weighted by molar-refractivity contribution is 0.171. The van der Waals surface area contributed by atoms with Gasteiger partial charge in [0, 0.05) is 16.8 Å². The number of fused-ring (bicyclic) bond motifs is 3. The predicted octanol–water partition coefficient (Wildman–Crippen LogP) is 5.88. The van der Waals surface area contributed by atoms with Gasteiger partial charge in [0.2, 0.25) is 0 Å². The molecule has 6 rings (SSSR count). The number of para-hydroxylation sites is 1. The number of rotatable bonds is 5. The Hall–Kier alpha value is -3.47. The zero-order chi connectivity index (χ0) is 24.0. The summed E-state index contributed by atoms with van der Waals surface area (Å²) in [6.45, 7) is 0.783. The summed E-state index contributed by atoms with van der Waals surface area (Å²) in [4.78, 5) is 5.19. The van der Waals surface area contributed by atoms with Crippen molar-refractivity contribution in [1.29, 1.82) is 0 Å². The van der Waals surface area contributed by atoms with Crippen LogP contribution in [0.2, 0.25) is 0 Å². The van der Waals surface area contributed by atoms with Gasteiger partial charge < -0.3 is 14.6 Å². The van der Waals surface area contributed by atoms with Crippen molar-refractivity contribution in [3.05, 3.63) is 72.8 Å². The minimum absolute atomic E-state index is 0.0549. The number of phenolic OH excluding ortho intramolecular Hbond substituents is 1. The van der Waals surface area contributed by atoms with Crippen molar-refractivity contribution in [3.63, 3.8) is 0 Å². The zero-order valence-electron chi connectivity index (χ0n) is 18.1. The van der Waals surface area contributed by atoms with Crippen molar-refractivity contribution in [2.75, 3.05) is 17.9 Å². The number of nitrogens with zero attached hydrogens (tertiary/aromatic N) is 1. The predicted molar refractivity (Wildman–Crippen MR) is 138 cm³/mol. The Kier molecular flexibility index (Phi) is 5.43. The Bertz CT molecular complexity index is 1670. The maximum atomic E-state index is 13.3. The van der Waals surface area contributed by atoms with E-state index in [-0.39, 0.29) is 10.6 Å². The number of sulfonamides is 1. The van der Waals surface area contributed by atoms with Crippen LogP contribution in [0, 0.1) is 0 Å². The first-order valence-corrected chi connectivity index (χ1v) is 13.8. The van der Waals surface area contributed by atoms with E-state index in [2.05, 4.69) is 9.71 Å². The van der Waals surface area contributed by atoms with Crippen LogP contribution in [-0.4, -0.2) is 31.7 Å². The summed E-state index contributed by atoms with van der Waals surface area (Å²) in [5.74, 6) is 0.980. The maximum Gasteiger partial charge on any atom is 0.262 e. The summed E-state index contributed by atoms with van der Waals surface area (Å²) in [5.41, 5.74) is 1.23. The maximum absolute atomic E-state index is 13.3. The summed E-state index contributed by atoms with van der Waals surface area (Å²) in [6, 6.07) is 21.1. The molecule has 1 aromatic heterocycles. The Morgan fingerprint density at radius 2 is 1.66 bits per heavy atom. The molecule has 0 atom stereocenters. The molecule has 0 unspecified atom stereocenters. The first kappa shape index (κ1) is 22.0. The second-order valence-electron chi connectivity index (χ2n) is 7.78. The molecule has 10 heteroatoms. The van der Waals surface area contributed by atoms with Gasteiger partial charge >= 0.3 is 0 Å². The highest BCUT2D eigenvalue weighted by Gasteiger charge is 2.22. The molecule has 35 heavy (non-hydrogen) atoms. The van der Waals surface area contributed by atoms with Crippen LogP contribution in [0.4, 0.5) is 5.69 Å². The Balaban J connectivity index is 1.41. The Morgan fingerprint density at radius 1 is 0.914 bits per heavy atom. The number of thiazole rings is 1. The fourth-order valence-corrected chi connectivity index (χ4v) is 7.08. The summed E-state index contributed by atoms with van der Waals surface area (Å²) >= 11 is 2.81. The van der Waals surface area contributed by atoms with Crippen LogP contribution in [0.1, 0.15) is 0 Å². The second-order valence-corrected chi connectivity index (χ2v) is 11.8. The summed E-state index contributed by atoms with van der Waals surface area (Å²) < 4.78 is 42.2. The van der Waals surface area contributed by atoms with Crippen LogP contribution in [0.15, 0.2) is 86.9 Å².